The zero-order valence-electron chi connectivity index (χ0n) is 14.7. The SMILES string of the molecule is C[C@@]1(c2cc3ccccc3o2)NC(=O)N(Cc2nnc(-c3ccco3)o2)C1=O. The highest BCUT2D eigenvalue weighted by atomic mass is 16.4. The first-order chi connectivity index (χ1) is 13.5. The number of aromatic nitrogens is 2. The molecule has 5 rings (SSSR count). The monoisotopic (exact) mass is 378 g/mol. The van der Waals surface area contributed by atoms with E-state index in [9.17, 15) is 9.59 Å². The lowest BCUT2D eigenvalue weighted by Gasteiger charge is -2.18. The number of hydrogen-bond donors (Lipinski definition) is 1. The molecule has 1 N–H and O–H groups in total. The number of carbonyl (C=O) groups is 2. The summed E-state index contributed by atoms with van der Waals surface area (Å²) < 4.78 is 16.5. The molecule has 0 radical (unpaired) electrons. The van der Waals surface area contributed by atoms with E-state index in [1.807, 2.05) is 18.2 Å². The lowest BCUT2D eigenvalue weighted by Crippen LogP contribution is -2.40. The average molecular weight is 378 g/mol. The Bertz CT molecular complexity index is 1160. The summed E-state index contributed by atoms with van der Waals surface area (Å²) in [7, 11) is 0. The minimum atomic E-state index is -1.32. The van der Waals surface area contributed by atoms with Crippen LogP contribution in [0.5, 0.6) is 0 Å². The standard InChI is InChI=1S/C19H14N4O5/c1-19(14-9-11-5-2-3-6-12(11)27-14)17(24)23(18(25)20-19)10-15-21-22-16(28-15)13-7-4-8-26-13/h2-9H,10H2,1H3,(H,20,25)/t19-/m0/s1. The zero-order chi connectivity index (χ0) is 19.3. The van der Waals surface area contributed by atoms with Gasteiger partial charge in [0.2, 0.25) is 5.89 Å². The fraction of sp³-hybridized carbons (Fsp3) is 0.158. The summed E-state index contributed by atoms with van der Waals surface area (Å²) in [6.45, 7) is 1.45. The number of benzene rings is 1. The smallest absolute Gasteiger partial charge is 0.325 e. The predicted octanol–water partition coefficient (Wildman–Crippen LogP) is 3.04. The fourth-order valence-electron chi connectivity index (χ4n) is 3.19. The molecule has 1 aliphatic rings. The topological polar surface area (TPSA) is 115 Å². The normalized spacial score (nSPS) is 19.5. The Morgan fingerprint density at radius 2 is 1.96 bits per heavy atom. The molecule has 3 amide bonds. The largest absolute Gasteiger partial charge is 0.459 e. The molecule has 1 aliphatic heterocycles. The van der Waals surface area contributed by atoms with Crippen LogP contribution in [-0.2, 0) is 16.9 Å². The van der Waals surface area contributed by atoms with Crippen LogP contribution in [0, 0.1) is 0 Å². The van der Waals surface area contributed by atoms with Gasteiger partial charge >= 0.3 is 6.03 Å². The van der Waals surface area contributed by atoms with Crippen molar-refractivity contribution in [2.45, 2.75) is 19.0 Å². The first kappa shape index (κ1) is 16.3. The molecule has 0 aliphatic carbocycles. The van der Waals surface area contributed by atoms with E-state index in [2.05, 4.69) is 15.5 Å². The van der Waals surface area contributed by atoms with Gasteiger partial charge in [-0.1, -0.05) is 18.2 Å². The Balaban J connectivity index is 1.42. The number of furan rings is 2. The van der Waals surface area contributed by atoms with E-state index in [4.69, 9.17) is 13.3 Å². The summed E-state index contributed by atoms with van der Waals surface area (Å²) in [5.41, 5.74) is -0.681. The lowest BCUT2D eigenvalue weighted by atomic mass is 9.99. The third kappa shape index (κ3) is 2.40. The molecule has 1 atom stereocenters. The van der Waals surface area contributed by atoms with E-state index < -0.39 is 17.5 Å². The molecular formula is C19H14N4O5. The second kappa shape index (κ2) is 5.81. The number of carbonyl (C=O) groups excluding carboxylic acids is 2. The molecule has 3 aromatic heterocycles. The molecule has 9 nitrogen and oxygen atoms in total. The number of urea groups is 1. The van der Waals surface area contributed by atoms with Crippen LogP contribution < -0.4 is 5.32 Å². The highest BCUT2D eigenvalue weighted by Gasteiger charge is 2.51. The van der Waals surface area contributed by atoms with Crippen LogP contribution in [0.2, 0.25) is 0 Å². The average Bonchev–Trinajstić information content (AvgIpc) is 3.46. The molecule has 9 heteroatoms. The van der Waals surface area contributed by atoms with Gasteiger partial charge in [-0.2, -0.15) is 0 Å². The van der Waals surface area contributed by atoms with Gasteiger partial charge in [0.1, 0.15) is 17.9 Å². The van der Waals surface area contributed by atoms with Crippen LogP contribution in [0.25, 0.3) is 22.6 Å². The van der Waals surface area contributed by atoms with Crippen molar-refractivity contribution < 1.29 is 22.8 Å². The molecule has 0 saturated carbocycles. The molecule has 28 heavy (non-hydrogen) atoms. The Labute approximate surface area is 157 Å². The molecule has 0 unspecified atom stereocenters. The maximum Gasteiger partial charge on any atom is 0.325 e. The molecule has 4 heterocycles. The van der Waals surface area contributed by atoms with Crippen molar-refractivity contribution in [3.05, 3.63) is 60.4 Å². The number of nitrogens with one attached hydrogen (secondary N) is 1. The van der Waals surface area contributed by atoms with Crippen LogP contribution in [0.1, 0.15) is 18.6 Å². The lowest BCUT2D eigenvalue weighted by molar-refractivity contribution is -0.132. The van der Waals surface area contributed by atoms with Crippen molar-refractivity contribution in [1.82, 2.24) is 20.4 Å². The predicted molar refractivity (Wildman–Crippen MR) is 94.6 cm³/mol. The number of fused-ring (bicyclic) bond motifs is 1. The Morgan fingerprint density at radius 1 is 1.11 bits per heavy atom. The summed E-state index contributed by atoms with van der Waals surface area (Å²) in [5.74, 6) is 0.588. The van der Waals surface area contributed by atoms with Crippen molar-refractivity contribution in [3.8, 4) is 11.7 Å². The molecule has 1 fully saturated rings. The molecule has 0 spiro atoms. The molecule has 0 bridgehead atoms. The molecule has 140 valence electrons. The molecule has 1 saturated heterocycles. The number of imide groups is 1. The minimum Gasteiger partial charge on any atom is -0.459 e. The maximum atomic E-state index is 13.0. The summed E-state index contributed by atoms with van der Waals surface area (Å²) >= 11 is 0. The van der Waals surface area contributed by atoms with E-state index in [-0.39, 0.29) is 18.3 Å². The Morgan fingerprint density at radius 3 is 2.75 bits per heavy atom. The number of amides is 3. The first-order valence-electron chi connectivity index (χ1n) is 8.54. The molecular weight excluding hydrogens is 364 g/mol. The van der Waals surface area contributed by atoms with Gasteiger partial charge in [-0.3, -0.25) is 9.69 Å². The first-order valence-corrected chi connectivity index (χ1v) is 8.54. The summed E-state index contributed by atoms with van der Waals surface area (Å²) in [4.78, 5) is 26.5. The van der Waals surface area contributed by atoms with Crippen LogP contribution in [0.4, 0.5) is 4.79 Å². The highest BCUT2D eigenvalue weighted by Crippen LogP contribution is 2.33. The van der Waals surface area contributed by atoms with Crippen molar-refractivity contribution in [3.63, 3.8) is 0 Å². The number of nitrogens with zero attached hydrogens (tertiary/aromatic N) is 3. The quantitative estimate of drug-likeness (QED) is 0.543. The van der Waals surface area contributed by atoms with Gasteiger partial charge in [0.15, 0.2) is 11.3 Å². The number of hydrogen-bond acceptors (Lipinski definition) is 7. The van der Waals surface area contributed by atoms with Gasteiger partial charge in [0.05, 0.1) is 6.26 Å². The van der Waals surface area contributed by atoms with Crippen molar-refractivity contribution >= 4 is 22.9 Å². The number of rotatable bonds is 4. The fourth-order valence-corrected chi connectivity index (χ4v) is 3.19. The van der Waals surface area contributed by atoms with Crippen molar-refractivity contribution in [1.29, 1.82) is 0 Å². The van der Waals surface area contributed by atoms with Gasteiger partial charge in [-0.05, 0) is 31.2 Å². The third-order valence-electron chi connectivity index (χ3n) is 4.69. The van der Waals surface area contributed by atoms with Crippen molar-refractivity contribution in [2.75, 3.05) is 0 Å². The summed E-state index contributed by atoms with van der Waals surface area (Å²) in [6, 6.07) is 11.9. The van der Waals surface area contributed by atoms with Gasteiger partial charge < -0.3 is 18.6 Å². The second-order valence-corrected chi connectivity index (χ2v) is 6.57. The number of para-hydroxylation sites is 1. The van der Waals surface area contributed by atoms with Gasteiger partial charge in [-0.15, -0.1) is 10.2 Å². The minimum absolute atomic E-state index is 0.115. The second-order valence-electron chi connectivity index (χ2n) is 6.57. The molecule has 1 aromatic carbocycles. The Hall–Kier alpha value is -3.88. The third-order valence-corrected chi connectivity index (χ3v) is 4.69. The Kier molecular flexibility index (Phi) is 3.38. The summed E-state index contributed by atoms with van der Waals surface area (Å²) in [5, 5.41) is 11.3. The van der Waals surface area contributed by atoms with E-state index in [0.717, 1.165) is 10.3 Å². The van der Waals surface area contributed by atoms with Gasteiger partial charge in [0.25, 0.3) is 11.8 Å². The molecule has 4 aromatic rings. The summed E-state index contributed by atoms with van der Waals surface area (Å²) in [6.07, 6.45) is 1.48. The van der Waals surface area contributed by atoms with Crippen molar-refractivity contribution in [2.24, 2.45) is 0 Å². The van der Waals surface area contributed by atoms with Crippen LogP contribution >= 0.6 is 0 Å². The highest BCUT2D eigenvalue weighted by molar-refractivity contribution is 6.07. The van der Waals surface area contributed by atoms with Crippen LogP contribution in [0.15, 0.2) is 62.0 Å². The zero-order valence-corrected chi connectivity index (χ0v) is 14.7. The van der Waals surface area contributed by atoms with Gasteiger partial charge in [0, 0.05) is 5.39 Å². The van der Waals surface area contributed by atoms with Crippen LogP contribution in [-0.4, -0.2) is 27.0 Å². The van der Waals surface area contributed by atoms with E-state index in [1.54, 1.807) is 31.2 Å². The maximum absolute atomic E-state index is 13.0. The van der Waals surface area contributed by atoms with E-state index >= 15 is 0 Å². The van der Waals surface area contributed by atoms with Crippen LogP contribution in [0.3, 0.4) is 0 Å². The van der Waals surface area contributed by atoms with Gasteiger partial charge in [-0.25, -0.2) is 4.79 Å². The van der Waals surface area contributed by atoms with E-state index in [1.165, 1.54) is 6.26 Å². The van der Waals surface area contributed by atoms with E-state index in [0.29, 0.717) is 17.1 Å².